The van der Waals surface area contributed by atoms with E-state index in [4.69, 9.17) is 13.7 Å². The first-order chi connectivity index (χ1) is 10.9. The molecule has 0 bridgehead atoms. The third-order valence-corrected chi connectivity index (χ3v) is 3.32. The molecule has 6 nitrogen and oxygen atoms in total. The molecule has 2 rings (SSSR count). The molecule has 0 spiro atoms. The van der Waals surface area contributed by atoms with Crippen LogP contribution in [-0.2, 0) is 16.7 Å². The third kappa shape index (κ3) is 5.30. The fourth-order valence-corrected chi connectivity index (χ4v) is 2.34. The van der Waals surface area contributed by atoms with E-state index in [1.807, 2.05) is 6.07 Å². The Bertz CT molecular complexity index is 798. The summed E-state index contributed by atoms with van der Waals surface area (Å²) in [6.07, 6.45) is 1.71. The van der Waals surface area contributed by atoms with E-state index in [2.05, 4.69) is 0 Å². The summed E-state index contributed by atoms with van der Waals surface area (Å²) >= 11 is 0. The van der Waals surface area contributed by atoms with Crippen molar-refractivity contribution in [2.45, 2.75) is 6.61 Å². The highest BCUT2D eigenvalue weighted by molar-refractivity contribution is 7.86. The number of carbonyl (C=O) groups is 1. The molecule has 0 aromatic heterocycles. The van der Waals surface area contributed by atoms with Crippen molar-refractivity contribution in [2.24, 2.45) is 0 Å². The first-order valence-corrected chi connectivity index (χ1v) is 8.47. The smallest absolute Gasteiger partial charge is 0.306 e. The highest BCUT2D eigenvalue weighted by Crippen LogP contribution is 2.29. The lowest BCUT2D eigenvalue weighted by Gasteiger charge is -2.11. The van der Waals surface area contributed by atoms with Crippen LogP contribution in [0.2, 0.25) is 0 Å². The van der Waals surface area contributed by atoms with Gasteiger partial charge in [0.15, 0.2) is 0 Å². The molecule has 0 heterocycles. The van der Waals surface area contributed by atoms with Crippen LogP contribution in [0.4, 0.5) is 0 Å². The summed E-state index contributed by atoms with van der Waals surface area (Å²) in [5.74, 6) is 0.894. The van der Waals surface area contributed by atoms with Gasteiger partial charge in [0.2, 0.25) is 0 Å². The van der Waals surface area contributed by atoms with Gasteiger partial charge in [0.1, 0.15) is 30.1 Å². The zero-order valence-corrected chi connectivity index (χ0v) is 13.5. The fourth-order valence-electron chi connectivity index (χ4n) is 1.89. The quantitative estimate of drug-likeness (QED) is 0.571. The highest BCUT2D eigenvalue weighted by Gasteiger charge is 2.09. The van der Waals surface area contributed by atoms with Crippen molar-refractivity contribution in [3.63, 3.8) is 0 Å². The van der Waals surface area contributed by atoms with Crippen LogP contribution < -0.4 is 13.7 Å². The lowest BCUT2D eigenvalue weighted by atomic mass is 10.1. The summed E-state index contributed by atoms with van der Waals surface area (Å²) in [6, 6.07) is 11.5. The number of rotatable bonds is 7. The number of methoxy groups -OCH3 is 1. The minimum absolute atomic E-state index is 0.100. The van der Waals surface area contributed by atoms with Crippen molar-refractivity contribution in [2.75, 3.05) is 13.4 Å². The SMILES string of the molecule is COc1cc(OCc2cccc(C=O)c2)cc(OS(C)(=O)=O)c1. The number of hydrogen-bond donors (Lipinski definition) is 0. The van der Waals surface area contributed by atoms with Gasteiger partial charge in [0, 0.05) is 23.8 Å². The number of aldehydes is 1. The Hall–Kier alpha value is -2.54. The molecule has 0 aliphatic rings. The van der Waals surface area contributed by atoms with Gasteiger partial charge in [-0.3, -0.25) is 4.79 Å². The Kier molecular flexibility index (Phi) is 5.23. The summed E-state index contributed by atoms with van der Waals surface area (Å²) in [4.78, 5) is 10.8. The molecule has 0 aliphatic heterocycles. The largest absolute Gasteiger partial charge is 0.496 e. The molecule has 0 atom stereocenters. The average molecular weight is 336 g/mol. The van der Waals surface area contributed by atoms with E-state index < -0.39 is 10.1 Å². The topological polar surface area (TPSA) is 78.9 Å². The molecule has 0 N–H and O–H groups in total. The van der Waals surface area contributed by atoms with Gasteiger partial charge in [-0.2, -0.15) is 8.42 Å². The van der Waals surface area contributed by atoms with E-state index in [1.165, 1.54) is 19.2 Å². The van der Waals surface area contributed by atoms with E-state index in [0.717, 1.165) is 18.1 Å². The van der Waals surface area contributed by atoms with Crippen LogP contribution in [0, 0.1) is 0 Å². The standard InChI is InChI=1S/C16H16O6S/c1-20-14-7-15(9-16(8-14)22-23(2,18)19)21-11-13-5-3-4-12(6-13)10-17/h3-10H,11H2,1-2H3. The molecular weight excluding hydrogens is 320 g/mol. The van der Waals surface area contributed by atoms with Crippen molar-refractivity contribution in [3.05, 3.63) is 53.6 Å². The Morgan fingerprint density at radius 1 is 1.04 bits per heavy atom. The predicted octanol–water partition coefficient (Wildman–Crippen LogP) is 2.43. The first kappa shape index (κ1) is 16.8. The molecule has 0 saturated heterocycles. The second-order valence-corrected chi connectivity index (χ2v) is 6.36. The highest BCUT2D eigenvalue weighted by atomic mass is 32.2. The maximum Gasteiger partial charge on any atom is 0.306 e. The molecular formula is C16H16O6S. The van der Waals surface area contributed by atoms with Gasteiger partial charge < -0.3 is 13.7 Å². The zero-order chi connectivity index (χ0) is 16.9. The Morgan fingerprint density at radius 3 is 2.39 bits per heavy atom. The summed E-state index contributed by atoms with van der Waals surface area (Å²) < 4.78 is 38.0. The summed E-state index contributed by atoms with van der Waals surface area (Å²) in [7, 11) is -2.19. The van der Waals surface area contributed by atoms with Crippen molar-refractivity contribution >= 4 is 16.4 Å². The minimum atomic E-state index is -3.64. The van der Waals surface area contributed by atoms with Gasteiger partial charge in [0.05, 0.1) is 13.4 Å². The minimum Gasteiger partial charge on any atom is -0.496 e. The lowest BCUT2D eigenvalue weighted by Crippen LogP contribution is -2.06. The van der Waals surface area contributed by atoms with Crippen LogP contribution in [0.1, 0.15) is 15.9 Å². The van der Waals surface area contributed by atoms with Crippen molar-refractivity contribution in [3.8, 4) is 17.2 Å². The molecule has 0 saturated carbocycles. The zero-order valence-electron chi connectivity index (χ0n) is 12.7. The Morgan fingerprint density at radius 2 is 1.74 bits per heavy atom. The van der Waals surface area contributed by atoms with E-state index in [-0.39, 0.29) is 12.4 Å². The fraction of sp³-hybridized carbons (Fsp3) is 0.188. The van der Waals surface area contributed by atoms with Gasteiger partial charge >= 0.3 is 10.1 Å². The molecule has 0 fully saturated rings. The Balaban J connectivity index is 2.18. The van der Waals surface area contributed by atoms with Crippen LogP contribution >= 0.6 is 0 Å². The van der Waals surface area contributed by atoms with Crippen LogP contribution in [-0.4, -0.2) is 28.1 Å². The second-order valence-electron chi connectivity index (χ2n) is 4.78. The number of ether oxygens (including phenoxy) is 2. The molecule has 0 aliphatic carbocycles. The van der Waals surface area contributed by atoms with Crippen molar-refractivity contribution in [1.82, 2.24) is 0 Å². The van der Waals surface area contributed by atoms with Crippen LogP contribution in [0.15, 0.2) is 42.5 Å². The predicted molar refractivity (Wildman–Crippen MR) is 84.6 cm³/mol. The average Bonchev–Trinajstić information content (AvgIpc) is 2.51. The summed E-state index contributed by atoms with van der Waals surface area (Å²) in [5, 5.41) is 0. The number of benzene rings is 2. The van der Waals surface area contributed by atoms with Gasteiger partial charge in [0.25, 0.3) is 0 Å². The lowest BCUT2D eigenvalue weighted by molar-refractivity contribution is 0.112. The van der Waals surface area contributed by atoms with Crippen molar-refractivity contribution < 1.29 is 26.9 Å². The van der Waals surface area contributed by atoms with E-state index in [9.17, 15) is 13.2 Å². The molecule has 122 valence electrons. The third-order valence-electron chi connectivity index (χ3n) is 2.83. The summed E-state index contributed by atoms with van der Waals surface area (Å²) in [6.45, 7) is 0.215. The number of hydrogen-bond acceptors (Lipinski definition) is 6. The molecule has 2 aromatic rings. The van der Waals surface area contributed by atoms with Gasteiger partial charge in [-0.05, 0) is 11.6 Å². The molecule has 0 unspecified atom stereocenters. The molecule has 0 amide bonds. The molecule has 23 heavy (non-hydrogen) atoms. The maximum absolute atomic E-state index is 11.2. The van der Waals surface area contributed by atoms with E-state index in [1.54, 1.807) is 24.3 Å². The van der Waals surface area contributed by atoms with E-state index in [0.29, 0.717) is 17.1 Å². The first-order valence-electron chi connectivity index (χ1n) is 6.65. The number of carbonyl (C=O) groups excluding carboxylic acids is 1. The second kappa shape index (κ2) is 7.15. The van der Waals surface area contributed by atoms with E-state index >= 15 is 0 Å². The van der Waals surface area contributed by atoms with Crippen LogP contribution in [0.5, 0.6) is 17.2 Å². The monoisotopic (exact) mass is 336 g/mol. The van der Waals surface area contributed by atoms with Gasteiger partial charge in [-0.25, -0.2) is 0 Å². The van der Waals surface area contributed by atoms with Crippen LogP contribution in [0.25, 0.3) is 0 Å². The Labute approximate surface area is 134 Å². The van der Waals surface area contributed by atoms with Crippen LogP contribution in [0.3, 0.4) is 0 Å². The normalized spacial score (nSPS) is 10.9. The maximum atomic E-state index is 11.2. The molecule has 2 aromatic carbocycles. The summed E-state index contributed by atoms with van der Waals surface area (Å²) in [5.41, 5.74) is 1.36. The van der Waals surface area contributed by atoms with Crippen molar-refractivity contribution in [1.29, 1.82) is 0 Å². The van der Waals surface area contributed by atoms with Gasteiger partial charge in [-0.15, -0.1) is 0 Å². The van der Waals surface area contributed by atoms with Gasteiger partial charge in [-0.1, -0.05) is 18.2 Å². The molecule has 0 radical (unpaired) electrons. The molecule has 7 heteroatoms.